The van der Waals surface area contributed by atoms with E-state index in [1.54, 1.807) is 0 Å². The van der Waals surface area contributed by atoms with Gasteiger partial charge in [-0.05, 0) is 25.1 Å². The third-order valence-corrected chi connectivity index (χ3v) is 5.54. The normalized spacial score (nSPS) is 22.3. The molecule has 2 aliphatic rings. The minimum Gasteiger partial charge on any atom is -0.593 e. The highest BCUT2D eigenvalue weighted by Gasteiger charge is 2.34. The first-order chi connectivity index (χ1) is 10.00. The summed E-state index contributed by atoms with van der Waals surface area (Å²) in [5.74, 6) is -1.04. The molecule has 1 saturated heterocycles. The number of carbonyl (C=O) groups excluding carboxylic acids is 2. The molecular weight excluding hydrogens is 294 g/mol. The number of carbonyl (C=O) groups is 2. The van der Waals surface area contributed by atoms with E-state index in [9.17, 15) is 18.4 Å². The van der Waals surface area contributed by atoms with Crippen LogP contribution in [0.1, 0.15) is 27.1 Å². The molecule has 21 heavy (non-hydrogen) atoms. The summed E-state index contributed by atoms with van der Waals surface area (Å²) in [7, 11) is -3.65. The van der Waals surface area contributed by atoms with Gasteiger partial charge >= 0.3 is 0 Å². The average molecular weight is 309 g/mol. The van der Waals surface area contributed by atoms with Gasteiger partial charge in [0.05, 0.1) is 17.7 Å². The number of nitrogens with zero attached hydrogens (tertiary/aromatic N) is 1. The van der Waals surface area contributed by atoms with Crippen LogP contribution in [0.2, 0.25) is 0 Å². The molecule has 2 N–H and O–H groups in total. The molecule has 0 saturated carbocycles. The number of sulfonamides is 1. The Morgan fingerprint density at radius 2 is 1.86 bits per heavy atom. The molecule has 0 bridgehead atoms. The Labute approximate surface area is 123 Å². The molecule has 1 aromatic rings. The van der Waals surface area contributed by atoms with Gasteiger partial charge in [-0.3, -0.25) is 14.9 Å². The monoisotopic (exact) mass is 309 g/mol. The SMILES string of the molecule is O=C1NC(=O)c2cc([S+](=O)([O-])N3CCCNCC3)ccc21. The predicted molar refractivity (Wildman–Crippen MR) is 74.4 cm³/mol. The zero-order valence-electron chi connectivity index (χ0n) is 11.3. The smallest absolute Gasteiger partial charge is 0.259 e. The van der Waals surface area contributed by atoms with Gasteiger partial charge in [0.2, 0.25) is 0 Å². The van der Waals surface area contributed by atoms with Crippen LogP contribution in [0.15, 0.2) is 23.1 Å². The molecule has 1 aromatic carbocycles. The van der Waals surface area contributed by atoms with Crippen molar-refractivity contribution in [2.75, 3.05) is 26.2 Å². The fraction of sp³-hybridized carbons (Fsp3) is 0.385. The lowest BCUT2D eigenvalue weighted by Crippen LogP contribution is -2.38. The van der Waals surface area contributed by atoms with Gasteiger partial charge < -0.3 is 9.87 Å². The maximum absolute atomic E-state index is 12.6. The van der Waals surface area contributed by atoms with Crippen LogP contribution in [-0.4, -0.2) is 46.9 Å². The van der Waals surface area contributed by atoms with Crippen LogP contribution in [0.3, 0.4) is 0 Å². The lowest BCUT2D eigenvalue weighted by molar-refractivity contribution is 0.0879. The second kappa shape index (κ2) is 5.30. The number of imide groups is 1. The van der Waals surface area contributed by atoms with Gasteiger partial charge in [-0.2, -0.15) is 0 Å². The highest BCUT2D eigenvalue weighted by molar-refractivity contribution is 7.95. The Bertz CT molecular complexity index is 653. The number of amides is 2. The van der Waals surface area contributed by atoms with Crippen molar-refractivity contribution in [2.45, 2.75) is 11.3 Å². The van der Waals surface area contributed by atoms with Gasteiger partial charge in [-0.1, -0.05) is 4.21 Å². The first-order valence-corrected chi connectivity index (χ1v) is 8.15. The first-order valence-electron chi connectivity index (χ1n) is 6.71. The molecular formula is C13H15N3O4S. The maximum Gasteiger partial charge on any atom is 0.259 e. The third kappa shape index (κ3) is 2.51. The Balaban J connectivity index is 1.96. The minimum absolute atomic E-state index is 0.0491. The molecule has 0 radical (unpaired) electrons. The second-order valence-electron chi connectivity index (χ2n) is 5.00. The van der Waals surface area contributed by atoms with Crippen molar-refractivity contribution >= 4 is 22.2 Å². The highest BCUT2D eigenvalue weighted by atomic mass is 32.3. The minimum atomic E-state index is -3.65. The van der Waals surface area contributed by atoms with E-state index in [-0.39, 0.29) is 16.0 Å². The van der Waals surface area contributed by atoms with E-state index in [2.05, 4.69) is 10.6 Å². The number of hydrogen-bond donors (Lipinski definition) is 2. The van der Waals surface area contributed by atoms with Gasteiger partial charge in [0.1, 0.15) is 0 Å². The summed E-state index contributed by atoms with van der Waals surface area (Å²) in [6.07, 6.45) is 0.739. The molecule has 1 atom stereocenters. The van der Waals surface area contributed by atoms with Crippen LogP contribution < -0.4 is 10.6 Å². The summed E-state index contributed by atoms with van der Waals surface area (Å²) in [6, 6.07) is 4.05. The fourth-order valence-corrected chi connectivity index (χ4v) is 4.02. The standard InChI is InChI=1S/C13H15N3O4S/c17-12-10-3-2-9(8-11(10)13(18)15-12)21(19,20)16-6-1-4-14-5-7-16/h2-3,8,14H,1,4-7H2,(H-,15,17,18,19,20). The predicted octanol–water partition coefficient (Wildman–Crippen LogP) is -0.231. The van der Waals surface area contributed by atoms with E-state index < -0.39 is 22.2 Å². The number of benzene rings is 1. The van der Waals surface area contributed by atoms with Crippen molar-refractivity contribution in [1.82, 2.24) is 14.9 Å². The van der Waals surface area contributed by atoms with Gasteiger partial charge in [-0.15, -0.1) is 4.31 Å². The average Bonchev–Trinajstić information content (AvgIpc) is 2.67. The van der Waals surface area contributed by atoms with Crippen LogP contribution in [0.4, 0.5) is 0 Å². The molecule has 7 nitrogen and oxygen atoms in total. The Morgan fingerprint density at radius 3 is 2.67 bits per heavy atom. The zero-order chi connectivity index (χ0) is 15.0. The van der Waals surface area contributed by atoms with Gasteiger partial charge in [0.15, 0.2) is 15.3 Å². The molecule has 112 valence electrons. The lowest BCUT2D eigenvalue weighted by Gasteiger charge is -2.25. The van der Waals surface area contributed by atoms with Crippen molar-refractivity contribution in [2.24, 2.45) is 0 Å². The largest absolute Gasteiger partial charge is 0.593 e. The van der Waals surface area contributed by atoms with Crippen molar-refractivity contribution in [3.63, 3.8) is 0 Å². The van der Waals surface area contributed by atoms with E-state index in [0.29, 0.717) is 19.6 Å². The molecule has 0 aromatic heterocycles. The summed E-state index contributed by atoms with van der Waals surface area (Å²) in [5, 5.41) is 5.29. The number of rotatable bonds is 2. The van der Waals surface area contributed by atoms with E-state index in [4.69, 9.17) is 0 Å². The quantitative estimate of drug-likeness (QED) is 0.580. The Hall–Kier alpha value is -1.61. The van der Waals surface area contributed by atoms with Crippen molar-refractivity contribution in [3.05, 3.63) is 29.3 Å². The number of nitrogens with one attached hydrogen (secondary N) is 2. The van der Waals surface area contributed by atoms with E-state index in [0.717, 1.165) is 13.0 Å². The molecule has 0 aliphatic carbocycles. The van der Waals surface area contributed by atoms with Crippen molar-refractivity contribution in [1.29, 1.82) is 0 Å². The Morgan fingerprint density at radius 1 is 1.10 bits per heavy atom. The fourth-order valence-electron chi connectivity index (χ4n) is 2.52. The molecule has 1 unspecified atom stereocenters. The molecule has 3 rings (SSSR count). The summed E-state index contributed by atoms with van der Waals surface area (Å²) < 4.78 is 26.6. The van der Waals surface area contributed by atoms with Crippen LogP contribution >= 0.6 is 0 Å². The van der Waals surface area contributed by atoms with Crippen molar-refractivity contribution < 1.29 is 18.4 Å². The number of fused-ring (bicyclic) bond motifs is 1. The van der Waals surface area contributed by atoms with Gasteiger partial charge in [0, 0.05) is 19.2 Å². The lowest BCUT2D eigenvalue weighted by atomic mass is 10.1. The van der Waals surface area contributed by atoms with E-state index >= 15 is 0 Å². The zero-order valence-corrected chi connectivity index (χ0v) is 12.1. The Kier molecular flexibility index (Phi) is 3.62. The summed E-state index contributed by atoms with van der Waals surface area (Å²) in [6.45, 7) is 2.22. The molecule has 1 fully saturated rings. The molecule has 2 heterocycles. The summed E-state index contributed by atoms with van der Waals surface area (Å²) in [4.78, 5) is 23.2. The van der Waals surface area contributed by atoms with E-state index in [1.165, 1.54) is 22.5 Å². The molecule has 0 spiro atoms. The summed E-state index contributed by atoms with van der Waals surface area (Å²) in [5.41, 5.74) is 0.338. The molecule has 8 heteroatoms. The second-order valence-corrected chi connectivity index (χ2v) is 6.94. The van der Waals surface area contributed by atoms with Gasteiger partial charge in [-0.25, -0.2) is 0 Å². The maximum atomic E-state index is 12.6. The van der Waals surface area contributed by atoms with Crippen LogP contribution in [0.25, 0.3) is 0 Å². The van der Waals surface area contributed by atoms with Crippen molar-refractivity contribution in [3.8, 4) is 0 Å². The van der Waals surface area contributed by atoms with Crippen LogP contribution in [0, 0.1) is 0 Å². The van der Waals surface area contributed by atoms with Crippen LogP contribution in [0.5, 0.6) is 0 Å². The topological polar surface area (TPSA) is 102 Å². The van der Waals surface area contributed by atoms with Crippen LogP contribution in [-0.2, 0) is 14.6 Å². The van der Waals surface area contributed by atoms with E-state index in [1.807, 2.05) is 0 Å². The summed E-state index contributed by atoms with van der Waals surface area (Å²) >= 11 is 0. The molecule has 2 aliphatic heterocycles. The first kappa shape index (κ1) is 14.3. The highest BCUT2D eigenvalue weighted by Crippen LogP contribution is 2.26. The third-order valence-electron chi connectivity index (χ3n) is 3.64. The number of hydrogen-bond acceptors (Lipinski definition) is 5. The molecule has 2 amide bonds. The van der Waals surface area contributed by atoms with Gasteiger partial charge in [0.25, 0.3) is 11.8 Å².